The van der Waals surface area contributed by atoms with Gasteiger partial charge in [0.25, 0.3) is 5.91 Å². The van der Waals surface area contributed by atoms with Crippen LogP contribution in [0.5, 0.6) is 0 Å². The molecule has 1 aliphatic rings. The van der Waals surface area contributed by atoms with E-state index in [0.29, 0.717) is 29.6 Å². The number of aryl methyl sites for hydroxylation is 1. The molecular formula is C21H22N4O2S. The predicted octanol–water partition coefficient (Wildman–Crippen LogP) is 2.94. The lowest BCUT2D eigenvalue weighted by atomic mass is 9.70. The topological polar surface area (TPSA) is 92.1 Å². The van der Waals surface area contributed by atoms with Crippen LogP contribution < -0.4 is 11.2 Å². The van der Waals surface area contributed by atoms with Crippen LogP contribution in [0.4, 0.5) is 5.13 Å². The van der Waals surface area contributed by atoms with Crippen molar-refractivity contribution in [2.45, 2.75) is 25.2 Å². The fourth-order valence-electron chi connectivity index (χ4n) is 4.02. The normalized spacial score (nSPS) is 16.1. The van der Waals surface area contributed by atoms with E-state index in [-0.39, 0.29) is 16.8 Å². The molecule has 0 radical (unpaired) electrons. The van der Waals surface area contributed by atoms with Crippen molar-refractivity contribution < 1.29 is 4.79 Å². The highest BCUT2D eigenvalue weighted by molar-refractivity contribution is 7.13. The highest BCUT2D eigenvalue weighted by atomic mass is 32.1. The fraction of sp³-hybridized carbons (Fsp3) is 0.286. The third-order valence-electron chi connectivity index (χ3n) is 5.45. The molecule has 0 saturated carbocycles. The minimum absolute atomic E-state index is 0.139. The van der Waals surface area contributed by atoms with Crippen molar-refractivity contribution in [1.82, 2.24) is 14.9 Å². The number of likely N-dealkylation sites (tertiary alicyclic amines) is 1. The van der Waals surface area contributed by atoms with E-state index < -0.39 is 0 Å². The zero-order chi connectivity index (χ0) is 19.7. The number of thiazole rings is 1. The number of benzene rings is 1. The van der Waals surface area contributed by atoms with E-state index in [0.717, 1.165) is 18.5 Å². The number of H-pyrrole nitrogens is 1. The summed E-state index contributed by atoms with van der Waals surface area (Å²) in [6.07, 6.45) is 1.50. The SMILES string of the molecule is Cc1cc(=O)cc(C(=O)N2CCC(c3ccccc3)(c3csc(N)n3)CC2)[nH]1. The van der Waals surface area contributed by atoms with Crippen LogP contribution in [0.15, 0.2) is 52.6 Å². The zero-order valence-corrected chi connectivity index (χ0v) is 16.5. The van der Waals surface area contributed by atoms with Gasteiger partial charge in [0.15, 0.2) is 10.6 Å². The minimum Gasteiger partial charge on any atom is -0.375 e. The first-order valence-electron chi connectivity index (χ1n) is 9.25. The van der Waals surface area contributed by atoms with Crippen LogP contribution in [-0.4, -0.2) is 33.9 Å². The van der Waals surface area contributed by atoms with Crippen molar-refractivity contribution in [2.24, 2.45) is 0 Å². The lowest BCUT2D eigenvalue weighted by molar-refractivity contribution is 0.0678. The molecule has 0 spiro atoms. The summed E-state index contributed by atoms with van der Waals surface area (Å²) in [7, 11) is 0. The van der Waals surface area contributed by atoms with Crippen LogP contribution in [-0.2, 0) is 5.41 Å². The van der Waals surface area contributed by atoms with E-state index in [1.807, 2.05) is 28.5 Å². The number of pyridine rings is 1. The molecule has 6 nitrogen and oxygen atoms in total. The first-order valence-corrected chi connectivity index (χ1v) is 10.1. The number of piperidine rings is 1. The van der Waals surface area contributed by atoms with Crippen LogP contribution >= 0.6 is 11.3 Å². The summed E-state index contributed by atoms with van der Waals surface area (Å²) in [6.45, 7) is 2.95. The number of carbonyl (C=O) groups is 1. The molecule has 4 rings (SSSR count). The van der Waals surface area contributed by atoms with E-state index in [2.05, 4.69) is 22.1 Å². The molecule has 3 heterocycles. The summed E-state index contributed by atoms with van der Waals surface area (Å²) in [6, 6.07) is 13.1. The second-order valence-electron chi connectivity index (χ2n) is 7.22. The summed E-state index contributed by atoms with van der Waals surface area (Å²) < 4.78 is 0. The van der Waals surface area contributed by atoms with Gasteiger partial charge in [-0.25, -0.2) is 4.98 Å². The molecule has 3 N–H and O–H groups in total. The Morgan fingerprint density at radius 3 is 2.54 bits per heavy atom. The third-order valence-corrected chi connectivity index (χ3v) is 6.12. The van der Waals surface area contributed by atoms with Crippen molar-refractivity contribution in [1.29, 1.82) is 0 Å². The van der Waals surface area contributed by atoms with Gasteiger partial charge in [0, 0.05) is 41.7 Å². The molecule has 1 saturated heterocycles. The smallest absolute Gasteiger partial charge is 0.270 e. The van der Waals surface area contributed by atoms with Crippen molar-refractivity contribution in [3.05, 3.63) is 80.7 Å². The van der Waals surface area contributed by atoms with Crippen LogP contribution in [0.2, 0.25) is 0 Å². The second kappa shape index (κ2) is 7.24. The maximum Gasteiger partial charge on any atom is 0.270 e. The molecular weight excluding hydrogens is 372 g/mol. The standard InChI is InChI=1S/C21H22N4O2S/c1-14-11-16(26)12-17(23-14)19(27)25-9-7-21(8-10-25,15-5-3-2-4-6-15)18-13-28-20(22)24-18/h2-6,11-13H,7-10H2,1H3,(H2,22,24)(H,23,26). The van der Waals surface area contributed by atoms with E-state index in [9.17, 15) is 9.59 Å². The fourth-order valence-corrected chi connectivity index (χ4v) is 4.68. The molecule has 0 bridgehead atoms. The van der Waals surface area contributed by atoms with E-state index in [1.54, 1.807) is 6.92 Å². The predicted molar refractivity (Wildman–Crippen MR) is 111 cm³/mol. The Balaban J connectivity index is 1.62. The molecule has 1 aliphatic heterocycles. The van der Waals surface area contributed by atoms with Gasteiger partial charge in [0.1, 0.15) is 5.69 Å². The number of nitrogen functional groups attached to an aromatic ring is 1. The first kappa shape index (κ1) is 18.4. The summed E-state index contributed by atoms with van der Waals surface area (Å²) >= 11 is 1.44. The number of nitrogens with one attached hydrogen (secondary N) is 1. The van der Waals surface area contributed by atoms with Crippen LogP contribution in [0.3, 0.4) is 0 Å². The summed E-state index contributed by atoms with van der Waals surface area (Å²) in [5.74, 6) is -0.139. The third kappa shape index (κ3) is 3.33. The molecule has 7 heteroatoms. The molecule has 0 aliphatic carbocycles. The Hall–Kier alpha value is -2.93. The lowest BCUT2D eigenvalue weighted by Crippen LogP contribution is -2.46. The van der Waals surface area contributed by atoms with Gasteiger partial charge in [0.2, 0.25) is 0 Å². The Bertz CT molecular complexity index is 1050. The summed E-state index contributed by atoms with van der Waals surface area (Å²) in [4.78, 5) is 34.1. The number of hydrogen-bond donors (Lipinski definition) is 2. The molecule has 1 aromatic carbocycles. The maximum absolute atomic E-state index is 12.9. The molecule has 28 heavy (non-hydrogen) atoms. The van der Waals surface area contributed by atoms with Gasteiger partial charge in [-0.2, -0.15) is 0 Å². The molecule has 1 amide bonds. The van der Waals surface area contributed by atoms with E-state index in [4.69, 9.17) is 5.73 Å². The minimum atomic E-state index is -0.258. The summed E-state index contributed by atoms with van der Waals surface area (Å²) in [5.41, 5.74) is 8.68. The molecule has 1 fully saturated rings. The molecule has 2 aromatic heterocycles. The number of nitrogens with two attached hydrogens (primary N) is 1. The number of aromatic amines is 1. The highest BCUT2D eigenvalue weighted by Crippen LogP contribution is 2.42. The number of hydrogen-bond acceptors (Lipinski definition) is 5. The first-order chi connectivity index (χ1) is 13.5. The van der Waals surface area contributed by atoms with Crippen molar-refractivity contribution in [3.8, 4) is 0 Å². The quantitative estimate of drug-likeness (QED) is 0.714. The van der Waals surface area contributed by atoms with Gasteiger partial charge in [-0.15, -0.1) is 11.3 Å². The van der Waals surface area contributed by atoms with Crippen molar-refractivity contribution in [3.63, 3.8) is 0 Å². The molecule has 0 unspecified atom stereocenters. The van der Waals surface area contributed by atoms with Gasteiger partial charge in [-0.05, 0) is 25.3 Å². The number of aromatic nitrogens is 2. The Kier molecular flexibility index (Phi) is 4.77. The second-order valence-corrected chi connectivity index (χ2v) is 8.11. The van der Waals surface area contributed by atoms with Crippen LogP contribution in [0, 0.1) is 6.92 Å². The van der Waals surface area contributed by atoms with Crippen molar-refractivity contribution in [2.75, 3.05) is 18.8 Å². The molecule has 0 atom stereocenters. The van der Waals surface area contributed by atoms with Gasteiger partial charge in [-0.3, -0.25) is 9.59 Å². The number of anilines is 1. The van der Waals surface area contributed by atoms with Gasteiger partial charge in [-0.1, -0.05) is 30.3 Å². The van der Waals surface area contributed by atoms with E-state index in [1.165, 1.54) is 29.0 Å². The van der Waals surface area contributed by atoms with Gasteiger partial charge >= 0.3 is 0 Å². The highest BCUT2D eigenvalue weighted by Gasteiger charge is 2.41. The summed E-state index contributed by atoms with van der Waals surface area (Å²) in [5, 5.41) is 2.58. The van der Waals surface area contributed by atoms with Gasteiger partial charge in [0.05, 0.1) is 5.69 Å². The Morgan fingerprint density at radius 2 is 1.93 bits per heavy atom. The monoisotopic (exact) mass is 394 g/mol. The van der Waals surface area contributed by atoms with E-state index >= 15 is 0 Å². The number of amides is 1. The molecule has 3 aromatic rings. The van der Waals surface area contributed by atoms with Crippen molar-refractivity contribution >= 4 is 22.4 Å². The number of rotatable bonds is 3. The lowest BCUT2D eigenvalue weighted by Gasteiger charge is -2.41. The Labute approximate surface area is 167 Å². The largest absolute Gasteiger partial charge is 0.375 e. The molecule has 144 valence electrons. The zero-order valence-electron chi connectivity index (χ0n) is 15.6. The average Bonchev–Trinajstić information content (AvgIpc) is 3.14. The number of carbonyl (C=O) groups excluding carboxylic acids is 1. The number of nitrogens with zero attached hydrogens (tertiary/aromatic N) is 2. The van der Waals surface area contributed by atoms with Crippen LogP contribution in [0.25, 0.3) is 0 Å². The average molecular weight is 395 g/mol. The van der Waals surface area contributed by atoms with Crippen LogP contribution in [0.1, 0.15) is 40.3 Å². The Morgan fingerprint density at radius 1 is 1.21 bits per heavy atom. The van der Waals surface area contributed by atoms with Gasteiger partial charge < -0.3 is 15.6 Å². The maximum atomic E-state index is 12.9.